The summed E-state index contributed by atoms with van der Waals surface area (Å²) in [4.78, 5) is 15.3. The SMILES string of the molecule is CCCC1C(=O)C(C)(C)C[C@]1(C)/C=C/C(O)Cc1cc2c(s1)CC#CC(C)=C2. The fraction of sp³-hybridized carbons (Fsp3) is 0.560. The second-order valence-electron chi connectivity index (χ2n) is 9.30. The van der Waals surface area contributed by atoms with E-state index in [4.69, 9.17) is 0 Å². The minimum absolute atomic E-state index is 0.0560. The van der Waals surface area contributed by atoms with Crippen molar-refractivity contribution in [1.29, 1.82) is 0 Å². The summed E-state index contributed by atoms with van der Waals surface area (Å²) in [6.07, 6.45) is 9.83. The Labute approximate surface area is 173 Å². The third kappa shape index (κ3) is 4.34. The molecule has 2 unspecified atom stereocenters. The summed E-state index contributed by atoms with van der Waals surface area (Å²) in [7, 11) is 0. The van der Waals surface area contributed by atoms with E-state index in [1.54, 1.807) is 11.3 Å². The highest BCUT2D eigenvalue weighted by atomic mass is 32.1. The van der Waals surface area contributed by atoms with E-state index in [-0.39, 0.29) is 16.7 Å². The van der Waals surface area contributed by atoms with Gasteiger partial charge in [-0.25, -0.2) is 0 Å². The number of ketones is 1. The van der Waals surface area contributed by atoms with Gasteiger partial charge in [-0.15, -0.1) is 11.3 Å². The highest BCUT2D eigenvalue weighted by Crippen LogP contribution is 2.52. The average molecular weight is 397 g/mol. The first-order valence-electron chi connectivity index (χ1n) is 10.3. The van der Waals surface area contributed by atoms with Gasteiger partial charge in [-0.05, 0) is 48.5 Å². The zero-order valence-electron chi connectivity index (χ0n) is 17.8. The van der Waals surface area contributed by atoms with Gasteiger partial charge in [-0.1, -0.05) is 58.1 Å². The Morgan fingerprint density at radius 3 is 2.86 bits per heavy atom. The number of hydrogen-bond donors (Lipinski definition) is 1. The van der Waals surface area contributed by atoms with Crippen LogP contribution in [0.5, 0.6) is 0 Å². The Kier molecular flexibility index (Phi) is 6.03. The Morgan fingerprint density at radius 1 is 1.39 bits per heavy atom. The van der Waals surface area contributed by atoms with Crippen LogP contribution in [0.4, 0.5) is 0 Å². The van der Waals surface area contributed by atoms with Crippen LogP contribution in [0, 0.1) is 28.6 Å². The molecule has 2 aliphatic carbocycles. The largest absolute Gasteiger partial charge is 0.389 e. The molecular weight excluding hydrogens is 364 g/mol. The molecule has 1 aromatic rings. The molecule has 1 heterocycles. The van der Waals surface area contributed by atoms with E-state index in [9.17, 15) is 9.90 Å². The van der Waals surface area contributed by atoms with Gasteiger partial charge in [0.05, 0.1) is 6.10 Å². The van der Waals surface area contributed by atoms with Gasteiger partial charge < -0.3 is 5.11 Å². The number of thiophene rings is 1. The molecule has 0 spiro atoms. The molecule has 1 saturated carbocycles. The lowest BCUT2D eigenvalue weighted by Gasteiger charge is -2.27. The maximum Gasteiger partial charge on any atom is 0.142 e. The maximum absolute atomic E-state index is 12.8. The molecule has 0 radical (unpaired) electrons. The van der Waals surface area contributed by atoms with Crippen molar-refractivity contribution in [3.05, 3.63) is 39.1 Å². The Hall–Kier alpha value is -1.63. The molecule has 2 nitrogen and oxygen atoms in total. The second-order valence-corrected chi connectivity index (χ2v) is 10.5. The maximum atomic E-state index is 12.8. The summed E-state index contributed by atoms with van der Waals surface area (Å²) in [6.45, 7) is 10.5. The average Bonchev–Trinajstić information content (AvgIpc) is 2.97. The van der Waals surface area contributed by atoms with Crippen molar-refractivity contribution in [2.45, 2.75) is 72.8 Å². The molecular formula is C25H32O2S. The second kappa shape index (κ2) is 8.01. The van der Waals surface area contributed by atoms with E-state index in [1.807, 2.05) is 13.0 Å². The third-order valence-corrected chi connectivity index (χ3v) is 7.26. The number of rotatable bonds is 6. The number of carbonyl (C=O) groups excluding carboxylic acids is 1. The molecule has 0 aliphatic heterocycles. The van der Waals surface area contributed by atoms with Gasteiger partial charge in [0.25, 0.3) is 0 Å². The number of aliphatic hydroxyl groups is 1. The molecule has 28 heavy (non-hydrogen) atoms. The molecule has 0 amide bonds. The molecule has 3 atom stereocenters. The van der Waals surface area contributed by atoms with E-state index in [0.717, 1.165) is 31.3 Å². The molecule has 1 fully saturated rings. The lowest BCUT2D eigenvalue weighted by Crippen LogP contribution is -2.25. The van der Waals surface area contributed by atoms with E-state index >= 15 is 0 Å². The first-order chi connectivity index (χ1) is 13.1. The lowest BCUT2D eigenvalue weighted by molar-refractivity contribution is -0.128. The summed E-state index contributed by atoms with van der Waals surface area (Å²) in [5.41, 5.74) is 1.87. The quantitative estimate of drug-likeness (QED) is 0.502. The van der Waals surface area contributed by atoms with E-state index in [2.05, 4.69) is 57.8 Å². The van der Waals surface area contributed by atoms with Gasteiger partial charge in [-0.2, -0.15) is 0 Å². The van der Waals surface area contributed by atoms with Crippen LogP contribution in [0.25, 0.3) is 6.08 Å². The highest BCUT2D eigenvalue weighted by Gasteiger charge is 2.52. The Bertz CT molecular complexity index is 874. The molecule has 0 aromatic carbocycles. The van der Waals surface area contributed by atoms with Gasteiger partial charge in [0.1, 0.15) is 5.78 Å². The smallest absolute Gasteiger partial charge is 0.142 e. The van der Waals surface area contributed by atoms with Crippen molar-refractivity contribution < 1.29 is 9.90 Å². The molecule has 3 rings (SSSR count). The molecule has 150 valence electrons. The number of allylic oxidation sites excluding steroid dienone is 2. The number of hydrogen-bond acceptors (Lipinski definition) is 3. The van der Waals surface area contributed by atoms with E-state index < -0.39 is 6.10 Å². The van der Waals surface area contributed by atoms with Crippen molar-refractivity contribution in [1.82, 2.24) is 0 Å². The van der Waals surface area contributed by atoms with Crippen molar-refractivity contribution in [3.8, 4) is 11.8 Å². The fourth-order valence-electron chi connectivity index (χ4n) is 4.86. The summed E-state index contributed by atoms with van der Waals surface area (Å²) in [5.74, 6) is 6.78. The molecule has 0 bridgehead atoms. The van der Waals surface area contributed by atoms with Crippen LogP contribution in [-0.2, 0) is 17.6 Å². The van der Waals surface area contributed by atoms with Crippen LogP contribution in [0.15, 0.2) is 23.8 Å². The third-order valence-electron chi connectivity index (χ3n) is 6.09. The van der Waals surface area contributed by atoms with E-state index in [1.165, 1.54) is 15.3 Å². The topological polar surface area (TPSA) is 37.3 Å². The monoisotopic (exact) mass is 396 g/mol. The predicted molar refractivity (Wildman–Crippen MR) is 118 cm³/mol. The van der Waals surface area contributed by atoms with E-state index in [0.29, 0.717) is 12.2 Å². The Balaban J connectivity index is 1.72. The molecule has 1 N–H and O–H groups in total. The Morgan fingerprint density at radius 2 is 2.14 bits per heavy atom. The van der Waals surface area contributed by atoms with Gasteiger partial charge in [-0.3, -0.25) is 4.79 Å². The molecule has 0 saturated heterocycles. The zero-order chi connectivity index (χ0) is 20.5. The predicted octanol–water partition coefficient (Wildman–Crippen LogP) is 5.59. The van der Waals surface area contributed by atoms with Gasteiger partial charge >= 0.3 is 0 Å². The lowest BCUT2D eigenvalue weighted by atomic mass is 9.76. The van der Waals surface area contributed by atoms with Crippen LogP contribution in [0.1, 0.15) is 69.2 Å². The van der Waals surface area contributed by atoms with Crippen LogP contribution in [-0.4, -0.2) is 17.0 Å². The highest BCUT2D eigenvalue weighted by molar-refractivity contribution is 7.12. The normalized spacial score (nSPS) is 27.1. The number of carbonyl (C=O) groups is 1. The van der Waals surface area contributed by atoms with Crippen molar-refractivity contribution in [2.24, 2.45) is 16.7 Å². The van der Waals surface area contributed by atoms with Crippen molar-refractivity contribution >= 4 is 23.2 Å². The van der Waals surface area contributed by atoms with Crippen molar-refractivity contribution in [2.75, 3.05) is 0 Å². The summed E-state index contributed by atoms with van der Waals surface area (Å²) >= 11 is 1.75. The molecule has 3 heteroatoms. The van der Waals surface area contributed by atoms with Crippen LogP contribution in [0.2, 0.25) is 0 Å². The summed E-state index contributed by atoms with van der Waals surface area (Å²) in [6, 6.07) is 2.18. The van der Waals surface area contributed by atoms with Gasteiger partial charge in [0.2, 0.25) is 0 Å². The van der Waals surface area contributed by atoms with Crippen LogP contribution < -0.4 is 0 Å². The standard InChI is InChI=1S/C25H32O2S/c1-6-8-21-23(27)24(3,4)16-25(21,5)12-11-19(26)15-20-14-18-13-17(2)9-7-10-22(18)28-20/h11-14,19,21,26H,6,8,10,15-16H2,1-5H3/b12-11+/t19?,21?,25-/m0/s1. The zero-order valence-corrected chi connectivity index (χ0v) is 18.6. The number of Topliss-reactive ketones (excluding diaryl/α,β-unsaturated/α-hetero) is 1. The van der Waals surface area contributed by atoms with Crippen LogP contribution >= 0.6 is 11.3 Å². The summed E-state index contributed by atoms with van der Waals surface area (Å²) in [5, 5.41) is 10.6. The van der Waals surface area contributed by atoms with Crippen LogP contribution in [0.3, 0.4) is 0 Å². The van der Waals surface area contributed by atoms with Gasteiger partial charge in [0, 0.05) is 33.9 Å². The first kappa shape index (κ1) is 21.1. The minimum atomic E-state index is -0.531. The fourth-order valence-corrected chi connectivity index (χ4v) is 5.99. The first-order valence-corrected chi connectivity index (χ1v) is 11.2. The minimum Gasteiger partial charge on any atom is -0.389 e. The van der Waals surface area contributed by atoms with Gasteiger partial charge in [0.15, 0.2) is 0 Å². The number of fused-ring (bicyclic) bond motifs is 1. The number of aliphatic hydroxyl groups excluding tert-OH is 1. The van der Waals surface area contributed by atoms with Crippen molar-refractivity contribution in [3.63, 3.8) is 0 Å². The molecule has 1 aromatic heterocycles. The summed E-state index contributed by atoms with van der Waals surface area (Å²) < 4.78 is 0. The molecule has 2 aliphatic rings.